The van der Waals surface area contributed by atoms with Crippen molar-refractivity contribution in [3.8, 4) is 0 Å². The molecule has 1 aliphatic rings. The first-order chi connectivity index (χ1) is 11.6. The SMILES string of the molecule is O=S(=O)(CCc1ccccc1)NCCc1csc(N2CCCC2)n1. The Labute approximate surface area is 147 Å². The van der Waals surface area contributed by atoms with Crippen LogP contribution >= 0.6 is 11.3 Å². The number of hydrogen-bond acceptors (Lipinski definition) is 5. The predicted molar refractivity (Wildman–Crippen MR) is 99.2 cm³/mol. The van der Waals surface area contributed by atoms with Crippen molar-refractivity contribution in [3.05, 3.63) is 47.0 Å². The van der Waals surface area contributed by atoms with E-state index < -0.39 is 10.0 Å². The predicted octanol–water partition coefficient (Wildman–Crippen LogP) is 2.45. The summed E-state index contributed by atoms with van der Waals surface area (Å²) in [4.78, 5) is 6.92. The van der Waals surface area contributed by atoms with E-state index >= 15 is 0 Å². The third-order valence-corrected chi connectivity index (χ3v) is 6.46. The molecule has 5 nitrogen and oxygen atoms in total. The van der Waals surface area contributed by atoms with Gasteiger partial charge in [0.1, 0.15) is 0 Å². The fourth-order valence-electron chi connectivity index (χ4n) is 2.77. The summed E-state index contributed by atoms with van der Waals surface area (Å²) < 4.78 is 26.8. The second-order valence-electron chi connectivity index (χ2n) is 6.01. The Hall–Kier alpha value is -1.44. The van der Waals surface area contributed by atoms with Gasteiger partial charge in [0, 0.05) is 31.4 Å². The normalized spacial score (nSPS) is 15.1. The van der Waals surface area contributed by atoms with Crippen LogP contribution in [-0.2, 0) is 22.9 Å². The van der Waals surface area contributed by atoms with E-state index in [2.05, 4.69) is 14.6 Å². The molecule has 0 saturated carbocycles. The van der Waals surface area contributed by atoms with E-state index in [1.807, 2.05) is 35.7 Å². The van der Waals surface area contributed by atoms with Crippen LogP contribution in [0.15, 0.2) is 35.7 Å². The molecule has 1 aromatic carbocycles. The van der Waals surface area contributed by atoms with E-state index in [9.17, 15) is 8.42 Å². The zero-order chi connectivity index (χ0) is 16.8. The molecule has 24 heavy (non-hydrogen) atoms. The third kappa shape index (κ3) is 5.03. The van der Waals surface area contributed by atoms with Crippen LogP contribution in [0.25, 0.3) is 0 Å². The van der Waals surface area contributed by atoms with Crippen LogP contribution in [-0.4, -0.2) is 38.8 Å². The number of aryl methyl sites for hydroxylation is 1. The summed E-state index contributed by atoms with van der Waals surface area (Å²) in [6.07, 6.45) is 3.63. The summed E-state index contributed by atoms with van der Waals surface area (Å²) in [7, 11) is -3.24. The number of sulfonamides is 1. The second kappa shape index (κ2) is 8.09. The van der Waals surface area contributed by atoms with Crippen molar-refractivity contribution in [2.45, 2.75) is 25.7 Å². The lowest BCUT2D eigenvalue weighted by Crippen LogP contribution is -2.29. The van der Waals surface area contributed by atoms with Gasteiger partial charge < -0.3 is 4.90 Å². The molecular formula is C17H23N3O2S2. The van der Waals surface area contributed by atoms with Crippen LogP contribution < -0.4 is 9.62 Å². The third-order valence-electron chi connectivity index (χ3n) is 4.12. The molecule has 0 bridgehead atoms. The van der Waals surface area contributed by atoms with E-state index in [-0.39, 0.29) is 5.75 Å². The largest absolute Gasteiger partial charge is 0.348 e. The fraction of sp³-hybridized carbons (Fsp3) is 0.471. The quantitative estimate of drug-likeness (QED) is 0.780. The molecule has 130 valence electrons. The average Bonchev–Trinajstić information content (AvgIpc) is 3.25. The molecular weight excluding hydrogens is 342 g/mol. The first-order valence-corrected chi connectivity index (χ1v) is 10.9. The Bertz CT molecular complexity index is 738. The number of anilines is 1. The molecule has 7 heteroatoms. The van der Waals surface area contributed by atoms with Crippen LogP contribution in [0.3, 0.4) is 0 Å². The lowest BCUT2D eigenvalue weighted by molar-refractivity contribution is 0.580. The van der Waals surface area contributed by atoms with Gasteiger partial charge in [-0.15, -0.1) is 11.3 Å². The van der Waals surface area contributed by atoms with Crippen molar-refractivity contribution in [2.24, 2.45) is 0 Å². The summed E-state index contributed by atoms with van der Waals surface area (Å²) >= 11 is 1.65. The lowest BCUT2D eigenvalue weighted by atomic mass is 10.2. The Morgan fingerprint density at radius 3 is 2.62 bits per heavy atom. The van der Waals surface area contributed by atoms with E-state index in [1.165, 1.54) is 12.8 Å². The summed E-state index contributed by atoms with van der Waals surface area (Å²) in [6, 6.07) is 9.68. The molecule has 1 aromatic heterocycles. The number of benzene rings is 1. The van der Waals surface area contributed by atoms with E-state index in [0.29, 0.717) is 19.4 Å². The molecule has 1 aliphatic heterocycles. The van der Waals surface area contributed by atoms with Crippen molar-refractivity contribution in [1.82, 2.24) is 9.71 Å². The number of nitrogens with zero attached hydrogens (tertiary/aromatic N) is 2. The minimum atomic E-state index is -3.24. The van der Waals surface area contributed by atoms with Crippen molar-refractivity contribution < 1.29 is 8.42 Å². The van der Waals surface area contributed by atoms with Crippen molar-refractivity contribution in [3.63, 3.8) is 0 Å². The van der Waals surface area contributed by atoms with Gasteiger partial charge in [-0.3, -0.25) is 0 Å². The molecule has 1 N–H and O–H groups in total. The smallest absolute Gasteiger partial charge is 0.211 e. The van der Waals surface area contributed by atoms with Gasteiger partial charge in [-0.05, 0) is 24.8 Å². The zero-order valence-corrected chi connectivity index (χ0v) is 15.3. The molecule has 0 unspecified atom stereocenters. The minimum Gasteiger partial charge on any atom is -0.348 e. The topological polar surface area (TPSA) is 62.3 Å². The van der Waals surface area contributed by atoms with Crippen LogP contribution in [0.2, 0.25) is 0 Å². The van der Waals surface area contributed by atoms with Crippen LogP contribution in [0.5, 0.6) is 0 Å². The molecule has 0 aliphatic carbocycles. The van der Waals surface area contributed by atoms with Crippen molar-refractivity contribution in [2.75, 3.05) is 30.3 Å². The number of nitrogens with one attached hydrogen (secondary N) is 1. The van der Waals surface area contributed by atoms with Gasteiger partial charge in [-0.2, -0.15) is 0 Å². The number of hydrogen-bond donors (Lipinski definition) is 1. The van der Waals surface area contributed by atoms with Crippen molar-refractivity contribution in [1.29, 1.82) is 0 Å². The maximum Gasteiger partial charge on any atom is 0.211 e. The van der Waals surface area contributed by atoms with Crippen molar-refractivity contribution >= 4 is 26.5 Å². The number of aromatic nitrogens is 1. The number of thiazole rings is 1. The maximum absolute atomic E-state index is 12.1. The highest BCUT2D eigenvalue weighted by Gasteiger charge is 2.16. The van der Waals surface area contributed by atoms with E-state index in [1.54, 1.807) is 11.3 Å². The van der Waals surface area contributed by atoms with Gasteiger partial charge in [0.15, 0.2) is 5.13 Å². The van der Waals surface area contributed by atoms with Crippen LogP contribution in [0, 0.1) is 0 Å². The highest BCUT2D eigenvalue weighted by Crippen LogP contribution is 2.24. The summed E-state index contributed by atoms with van der Waals surface area (Å²) in [6.45, 7) is 2.57. The van der Waals surface area contributed by atoms with Gasteiger partial charge in [0.05, 0.1) is 11.4 Å². The van der Waals surface area contributed by atoms with Gasteiger partial charge >= 0.3 is 0 Å². The molecule has 3 rings (SSSR count). The summed E-state index contributed by atoms with van der Waals surface area (Å²) in [5, 5.41) is 3.10. The highest BCUT2D eigenvalue weighted by atomic mass is 32.2. The maximum atomic E-state index is 12.1. The molecule has 1 saturated heterocycles. The summed E-state index contributed by atoms with van der Waals surface area (Å²) in [5.74, 6) is 0.118. The van der Waals surface area contributed by atoms with E-state index in [4.69, 9.17) is 0 Å². The minimum absolute atomic E-state index is 0.118. The molecule has 0 spiro atoms. The Morgan fingerprint density at radius 1 is 1.12 bits per heavy atom. The average molecular weight is 366 g/mol. The van der Waals surface area contributed by atoms with Gasteiger partial charge in [0.2, 0.25) is 10.0 Å². The first-order valence-electron chi connectivity index (χ1n) is 8.33. The standard InChI is InChI=1S/C17H23N3O2S2/c21-24(22,13-9-15-6-2-1-3-7-15)18-10-8-16-14-23-17(19-16)20-11-4-5-12-20/h1-3,6-7,14,18H,4-5,8-13H2. The molecule has 2 aromatic rings. The Balaban J connectivity index is 1.43. The van der Waals surface area contributed by atoms with Gasteiger partial charge in [-0.25, -0.2) is 18.1 Å². The number of rotatable bonds is 8. The van der Waals surface area contributed by atoms with Crippen LogP contribution in [0.4, 0.5) is 5.13 Å². The molecule has 2 heterocycles. The highest BCUT2D eigenvalue weighted by molar-refractivity contribution is 7.89. The van der Waals surface area contributed by atoms with E-state index in [0.717, 1.165) is 29.5 Å². The molecule has 0 radical (unpaired) electrons. The molecule has 1 fully saturated rings. The lowest BCUT2D eigenvalue weighted by Gasteiger charge is -2.12. The molecule has 0 atom stereocenters. The van der Waals surface area contributed by atoms with Gasteiger partial charge in [0.25, 0.3) is 0 Å². The van der Waals surface area contributed by atoms with Gasteiger partial charge in [-0.1, -0.05) is 30.3 Å². The Morgan fingerprint density at radius 2 is 1.88 bits per heavy atom. The van der Waals surface area contributed by atoms with Crippen LogP contribution in [0.1, 0.15) is 24.1 Å². The monoisotopic (exact) mass is 365 g/mol. The zero-order valence-electron chi connectivity index (χ0n) is 13.6. The fourth-order valence-corrected chi connectivity index (χ4v) is 4.74. The first kappa shape index (κ1) is 17.4. The summed E-state index contributed by atoms with van der Waals surface area (Å²) in [5.41, 5.74) is 2.00. The molecule has 0 amide bonds. The Kier molecular flexibility index (Phi) is 5.86. The second-order valence-corrected chi connectivity index (χ2v) is 8.78.